The van der Waals surface area contributed by atoms with Gasteiger partial charge in [0, 0.05) is 0 Å². The van der Waals surface area contributed by atoms with Crippen LogP contribution >= 0.6 is 0 Å². The molecule has 0 unspecified atom stereocenters. The molecule has 0 spiro atoms. The molecule has 0 aliphatic heterocycles. The molecular weight excluding hydrogens is 342 g/mol. The normalized spacial score (nSPS) is 10.4. The Morgan fingerprint density at radius 3 is 0.909 bits per heavy atom. The first-order valence-electron chi connectivity index (χ1n) is 8.59. The fourth-order valence-corrected chi connectivity index (χ4v) is 2.64. The summed E-state index contributed by atoms with van der Waals surface area (Å²) in [7, 11) is 0. The van der Waals surface area contributed by atoms with E-state index in [0.717, 1.165) is 0 Å². The van der Waals surface area contributed by atoms with Gasteiger partial charge in [0.05, 0.1) is 26.2 Å². The molecule has 0 amide bonds. The molecule has 0 aromatic rings. The van der Waals surface area contributed by atoms with Gasteiger partial charge in [-0.15, -0.1) is 0 Å². The van der Waals surface area contributed by atoms with Crippen LogP contribution in [-0.4, -0.2) is 30.7 Å². The summed E-state index contributed by atoms with van der Waals surface area (Å²) >= 11 is -3.79. The monoisotopic (exact) mass is 377 g/mol. The van der Waals surface area contributed by atoms with Crippen LogP contribution in [-0.2, 0) is 25.4 Å². The van der Waals surface area contributed by atoms with Gasteiger partial charge in [0.25, 0.3) is 0 Å². The second-order valence-corrected chi connectivity index (χ2v) is 6.49. The Balaban J connectivity index is -0.000000640. The van der Waals surface area contributed by atoms with Crippen LogP contribution in [0.4, 0.5) is 0 Å². The van der Waals surface area contributed by atoms with Crippen LogP contribution < -0.4 is 12.4 Å². The molecule has 0 N–H and O–H groups in total. The molecule has 22 heavy (non-hydrogen) atoms. The first kappa shape index (κ1) is 27.0. The molecule has 0 bridgehead atoms. The molecule has 0 saturated carbocycles. The van der Waals surface area contributed by atoms with E-state index in [4.69, 9.17) is 11.4 Å². The molecule has 0 aliphatic rings. The summed E-state index contributed by atoms with van der Waals surface area (Å²) in [5.41, 5.74) is 0. The number of unbranched alkanes of at least 4 members (excludes halogenated alkanes) is 4. The summed E-state index contributed by atoms with van der Waals surface area (Å²) < 4.78 is 27.0. The summed E-state index contributed by atoms with van der Waals surface area (Å²) in [4.78, 5) is 0. The average Bonchev–Trinajstić information content (AvgIpc) is 2.45. The van der Waals surface area contributed by atoms with Crippen molar-refractivity contribution in [3.63, 3.8) is 0 Å². The predicted molar refractivity (Wildman–Crippen MR) is 81.4 cm³/mol. The Morgan fingerprint density at radius 2 is 0.773 bits per heavy atom. The van der Waals surface area contributed by atoms with Crippen LogP contribution in [0, 0.1) is 0 Å². The van der Waals surface area contributed by atoms with E-state index in [-0.39, 0.29) is 12.4 Å². The van der Waals surface area contributed by atoms with Gasteiger partial charge in [-0.2, -0.15) is 0 Å². The second kappa shape index (κ2) is 19.2. The molecule has 0 heterocycles. The Kier molecular flexibility index (Phi) is 23.6. The van der Waals surface area contributed by atoms with E-state index in [1.165, 1.54) is 82.0 Å². The Bertz CT molecular complexity index is 275. The molecule has 0 aliphatic carbocycles. The zero-order valence-corrected chi connectivity index (χ0v) is 17.0. The van der Waals surface area contributed by atoms with Crippen molar-refractivity contribution in [1.29, 1.82) is 0 Å². The fraction of sp³-hybridized carbons (Fsp3) is 1.00. The molecule has 0 atom stereocenters. The summed E-state index contributed by atoms with van der Waals surface area (Å²) in [6.45, 7) is 15.0. The third-order valence-electron chi connectivity index (χ3n) is 3.94. The van der Waals surface area contributed by atoms with Crippen molar-refractivity contribution in [3.8, 4) is 0 Å². The standard InChI is InChI=1S/C16H36N.ClH.Cr.3O/c1-5-9-13-17(14-10-6-2,15-11-7-3)16-12-8-4;;;;;/h5-16H2,1-4H3;1H;;;;/q+1;;;;;/p-1. The average molecular weight is 378 g/mol. The number of quaternary nitrogens is 1. The second-order valence-electron chi connectivity index (χ2n) is 5.85. The van der Waals surface area contributed by atoms with Gasteiger partial charge in [-0.25, -0.2) is 0 Å². The van der Waals surface area contributed by atoms with Gasteiger partial charge in [-0.05, 0) is 25.7 Å². The molecule has 0 radical (unpaired) electrons. The van der Waals surface area contributed by atoms with Crippen molar-refractivity contribution in [2.45, 2.75) is 79.1 Å². The topological polar surface area (TPSA) is 51.2 Å². The van der Waals surface area contributed by atoms with E-state index in [0.29, 0.717) is 0 Å². The number of hydrogen-bond acceptors (Lipinski definition) is 3. The van der Waals surface area contributed by atoms with Crippen molar-refractivity contribution < 1.29 is 42.3 Å². The van der Waals surface area contributed by atoms with Gasteiger partial charge in [0.15, 0.2) is 0 Å². The zero-order chi connectivity index (χ0) is 16.6. The number of rotatable bonds is 12. The van der Waals surface area contributed by atoms with Crippen LogP contribution in [0.3, 0.4) is 0 Å². The van der Waals surface area contributed by atoms with Gasteiger partial charge in [-0.1, -0.05) is 53.4 Å². The third-order valence-corrected chi connectivity index (χ3v) is 3.94. The molecule has 4 nitrogen and oxygen atoms in total. The molecule has 136 valence electrons. The molecule has 0 fully saturated rings. The number of halogens is 1. The maximum absolute atomic E-state index is 8.54. The zero-order valence-electron chi connectivity index (χ0n) is 14.9. The Hall–Kier alpha value is 0.182. The maximum atomic E-state index is 8.54. The quantitative estimate of drug-likeness (QED) is 0.486. The van der Waals surface area contributed by atoms with Gasteiger partial charge < -0.3 is 16.9 Å². The van der Waals surface area contributed by atoms with Crippen LogP contribution in [0.2, 0.25) is 0 Å². The summed E-state index contributed by atoms with van der Waals surface area (Å²) in [6.07, 6.45) is 11.1. The van der Waals surface area contributed by atoms with Gasteiger partial charge in [-0.3, -0.25) is 0 Å². The van der Waals surface area contributed by atoms with E-state index >= 15 is 0 Å². The molecular formula is C16H36ClCrNO3. The van der Waals surface area contributed by atoms with Crippen molar-refractivity contribution >= 4 is 0 Å². The molecule has 6 heteroatoms. The number of nitrogens with zero attached hydrogens (tertiary/aromatic N) is 1. The van der Waals surface area contributed by atoms with Crippen LogP contribution in [0.5, 0.6) is 0 Å². The SMILES string of the molecule is CCCC[N+](CCCC)(CCCC)CCCC.[Cl-].[O]=[Cr](=[O])=[O]. The Morgan fingerprint density at radius 1 is 0.591 bits per heavy atom. The van der Waals surface area contributed by atoms with Crippen LogP contribution in [0.1, 0.15) is 79.1 Å². The van der Waals surface area contributed by atoms with Crippen molar-refractivity contribution in [1.82, 2.24) is 0 Å². The molecule has 0 aromatic carbocycles. The molecule has 0 aromatic heterocycles. The molecule has 0 saturated heterocycles. The van der Waals surface area contributed by atoms with Crippen molar-refractivity contribution in [3.05, 3.63) is 0 Å². The first-order valence-corrected chi connectivity index (χ1v) is 10.2. The van der Waals surface area contributed by atoms with Crippen molar-refractivity contribution in [2.24, 2.45) is 0 Å². The van der Waals surface area contributed by atoms with E-state index in [9.17, 15) is 0 Å². The van der Waals surface area contributed by atoms with Gasteiger partial charge in [0.2, 0.25) is 0 Å². The van der Waals surface area contributed by atoms with E-state index < -0.39 is 14.0 Å². The minimum atomic E-state index is -3.79. The van der Waals surface area contributed by atoms with Gasteiger partial charge >= 0.3 is 25.4 Å². The molecule has 0 rings (SSSR count). The van der Waals surface area contributed by atoms with E-state index in [1.807, 2.05) is 0 Å². The van der Waals surface area contributed by atoms with Crippen LogP contribution in [0.15, 0.2) is 0 Å². The number of hydrogen-bond donors (Lipinski definition) is 0. The van der Waals surface area contributed by atoms with Gasteiger partial charge in [0.1, 0.15) is 0 Å². The fourth-order valence-electron chi connectivity index (χ4n) is 2.64. The summed E-state index contributed by atoms with van der Waals surface area (Å²) in [5.74, 6) is 0. The van der Waals surface area contributed by atoms with Crippen molar-refractivity contribution in [2.75, 3.05) is 26.2 Å². The van der Waals surface area contributed by atoms with Crippen LogP contribution in [0.25, 0.3) is 0 Å². The minimum absolute atomic E-state index is 0. The van der Waals surface area contributed by atoms with E-state index in [1.54, 1.807) is 0 Å². The predicted octanol–water partition coefficient (Wildman–Crippen LogP) is 1.65. The first-order chi connectivity index (χ1) is 9.97. The third kappa shape index (κ3) is 18.2. The Labute approximate surface area is 147 Å². The van der Waals surface area contributed by atoms with E-state index in [2.05, 4.69) is 27.7 Å². The summed E-state index contributed by atoms with van der Waals surface area (Å²) in [5, 5.41) is 0. The summed E-state index contributed by atoms with van der Waals surface area (Å²) in [6, 6.07) is 0.